The molecule has 216 valence electrons. The van der Waals surface area contributed by atoms with Crippen LogP contribution in [0, 0.1) is 5.92 Å². The van der Waals surface area contributed by atoms with Gasteiger partial charge < -0.3 is 0 Å². The van der Waals surface area contributed by atoms with E-state index in [-0.39, 0.29) is 10.8 Å². The van der Waals surface area contributed by atoms with E-state index in [1.165, 1.54) is 11.8 Å². The van der Waals surface area contributed by atoms with Crippen molar-refractivity contribution in [1.29, 1.82) is 0 Å². The van der Waals surface area contributed by atoms with Crippen LogP contribution in [0.1, 0.15) is 57.9 Å². The molecule has 2 aliphatic heterocycles. The maximum absolute atomic E-state index is 13.6. The Balaban J connectivity index is 1.51. The quantitative estimate of drug-likeness (QED) is 0.144. The highest BCUT2D eigenvalue weighted by Crippen LogP contribution is 2.36. The first-order chi connectivity index (χ1) is 19.8. The number of sulfonamides is 1. The van der Waals surface area contributed by atoms with Gasteiger partial charge in [-0.2, -0.15) is 9.40 Å². The van der Waals surface area contributed by atoms with E-state index in [0.717, 1.165) is 49.8 Å². The summed E-state index contributed by atoms with van der Waals surface area (Å²) in [5.41, 5.74) is 2.86. The minimum Gasteiger partial charge on any atom is -0.293 e. The number of thioether (sulfide) groups is 1. The van der Waals surface area contributed by atoms with Crippen LogP contribution in [0.2, 0.25) is 0 Å². The SMILES string of the molecule is CCCCCCN1C(=O)/C(=C/c2cn(-c3ccccc3)nc2-c2cccc(S(=O)(=O)N3CCCC(C)C3)c2)SC1=S. The van der Waals surface area contributed by atoms with Crippen molar-refractivity contribution in [1.82, 2.24) is 19.0 Å². The number of hydrogen-bond donors (Lipinski definition) is 0. The Morgan fingerprint density at radius 3 is 2.66 bits per heavy atom. The van der Waals surface area contributed by atoms with Gasteiger partial charge in [0.2, 0.25) is 10.0 Å². The minimum absolute atomic E-state index is 0.0922. The first-order valence-corrected chi connectivity index (χ1v) is 17.0. The zero-order valence-electron chi connectivity index (χ0n) is 23.5. The van der Waals surface area contributed by atoms with E-state index in [1.54, 1.807) is 32.1 Å². The van der Waals surface area contributed by atoms with Crippen molar-refractivity contribution in [2.45, 2.75) is 57.3 Å². The van der Waals surface area contributed by atoms with Crippen molar-refractivity contribution in [3.63, 3.8) is 0 Å². The highest BCUT2D eigenvalue weighted by Gasteiger charge is 2.32. The van der Waals surface area contributed by atoms with Gasteiger partial charge in [-0.1, -0.05) is 87.4 Å². The Bertz CT molecular complexity index is 1550. The molecule has 0 spiro atoms. The first kappa shape index (κ1) is 29.7. The third-order valence-electron chi connectivity index (χ3n) is 7.52. The lowest BCUT2D eigenvalue weighted by atomic mass is 10.0. The molecule has 2 aromatic carbocycles. The van der Waals surface area contributed by atoms with Crippen LogP contribution < -0.4 is 0 Å². The average molecular weight is 609 g/mol. The first-order valence-electron chi connectivity index (χ1n) is 14.3. The fourth-order valence-corrected chi connectivity index (χ4v) is 8.22. The van der Waals surface area contributed by atoms with Crippen molar-refractivity contribution in [3.05, 3.63) is 71.3 Å². The molecule has 1 unspecified atom stereocenters. The second-order valence-corrected chi connectivity index (χ2v) is 14.4. The van der Waals surface area contributed by atoms with Crippen LogP contribution in [0.4, 0.5) is 0 Å². The Kier molecular flexibility index (Phi) is 9.43. The Morgan fingerprint density at radius 2 is 1.90 bits per heavy atom. The number of para-hydroxylation sites is 1. The van der Waals surface area contributed by atoms with Crippen LogP contribution in [-0.2, 0) is 14.8 Å². The van der Waals surface area contributed by atoms with Crippen LogP contribution in [0.3, 0.4) is 0 Å². The van der Waals surface area contributed by atoms with E-state index in [2.05, 4.69) is 13.8 Å². The highest BCUT2D eigenvalue weighted by molar-refractivity contribution is 8.26. The number of carbonyl (C=O) groups excluding carboxylic acids is 1. The minimum atomic E-state index is -3.64. The summed E-state index contributed by atoms with van der Waals surface area (Å²) >= 11 is 6.87. The number of piperidine rings is 1. The van der Waals surface area contributed by atoms with Crippen LogP contribution in [0.25, 0.3) is 23.0 Å². The maximum atomic E-state index is 13.6. The number of carbonyl (C=O) groups is 1. The van der Waals surface area contributed by atoms with Gasteiger partial charge in [0.05, 0.1) is 15.5 Å². The van der Waals surface area contributed by atoms with Crippen LogP contribution in [0.15, 0.2) is 70.6 Å². The van der Waals surface area contributed by atoms with Crippen LogP contribution in [0.5, 0.6) is 0 Å². The van der Waals surface area contributed by atoms with Crippen LogP contribution in [-0.4, -0.2) is 57.3 Å². The summed E-state index contributed by atoms with van der Waals surface area (Å²) in [6.07, 6.45) is 9.87. The van der Waals surface area contributed by atoms with E-state index in [0.29, 0.717) is 46.0 Å². The Morgan fingerprint density at radius 1 is 1.10 bits per heavy atom. The lowest BCUT2D eigenvalue weighted by molar-refractivity contribution is -0.122. The number of amides is 1. The largest absolute Gasteiger partial charge is 0.293 e. The van der Waals surface area contributed by atoms with E-state index < -0.39 is 10.0 Å². The van der Waals surface area contributed by atoms with Crippen molar-refractivity contribution < 1.29 is 13.2 Å². The molecule has 2 fully saturated rings. The zero-order valence-corrected chi connectivity index (χ0v) is 26.0. The summed E-state index contributed by atoms with van der Waals surface area (Å²) in [4.78, 5) is 15.8. The Labute approximate surface area is 252 Å². The van der Waals surface area contributed by atoms with Gasteiger partial charge in [-0.05, 0) is 55.5 Å². The lowest BCUT2D eigenvalue weighted by Gasteiger charge is -2.30. The van der Waals surface area contributed by atoms with Gasteiger partial charge in [0.25, 0.3) is 5.91 Å². The molecule has 0 aliphatic carbocycles. The molecular formula is C31H36N4O3S3. The predicted molar refractivity (Wildman–Crippen MR) is 170 cm³/mol. The van der Waals surface area contributed by atoms with Gasteiger partial charge in [0.15, 0.2) is 0 Å². The molecule has 3 aromatic rings. The Hall–Kier alpha value is -2.79. The molecule has 2 saturated heterocycles. The van der Waals surface area contributed by atoms with Gasteiger partial charge in [0.1, 0.15) is 10.0 Å². The molecule has 41 heavy (non-hydrogen) atoms. The number of aromatic nitrogens is 2. The maximum Gasteiger partial charge on any atom is 0.266 e. The van der Waals surface area contributed by atoms with E-state index in [9.17, 15) is 13.2 Å². The third-order valence-corrected chi connectivity index (χ3v) is 10.8. The van der Waals surface area contributed by atoms with E-state index in [4.69, 9.17) is 17.3 Å². The zero-order chi connectivity index (χ0) is 29.0. The fourth-order valence-electron chi connectivity index (χ4n) is 5.28. The van der Waals surface area contributed by atoms with Gasteiger partial charge in [-0.15, -0.1) is 0 Å². The standard InChI is InChI=1S/C31H36N4O3S3/c1-3-4-5-9-18-34-30(36)28(40-31(34)39)20-25-22-35(26-14-7-6-8-15-26)32-29(25)24-13-10-16-27(19-24)41(37,38)33-17-11-12-23(2)21-33/h6-8,10,13-16,19-20,22-23H,3-5,9,11-12,17-18,21H2,1-2H3/b28-20-. The molecule has 7 nitrogen and oxygen atoms in total. The molecule has 10 heteroatoms. The van der Waals surface area contributed by atoms with E-state index >= 15 is 0 Å². The van der Waals surface area contributed by atoms with Crippen molar-refractivity contribution in [2.24, 2.45) is 5.92 Å². The molecule has 0 N–H and O–H groups in total. The molecule has 2 aliphatic rings. The summed E-state index contributed by atoms with van der Waals surface area (Å²) in [5.74, 6) is 0.241. The number of thiocarbonyl (C=S) groups is 1. The number of nitrogens with zero attached hydrogens (tertiary/aromatic N) is 4. The second-order valence-electron chi connectivity index (χ2n) is 10.7. The molecule has 3 heterocycles. The molecule has 1 aromatic heterocycles. The van der Waals surface area contributed by atoms with Crippen molar-refractivity contribution >= 4 is 50.3 Å². The molecule has 0 bridgehead atoms. The smallest absolute Gasteiger partial charge is 0.266 e. The van der Waals surface area contributed by atoms with Crippen molar-refractivity contribution in [2.75, 3.05) is 19.6 Å². The fraction of sp³-hybridized carbons (Fsp3) is 0.387. The topological polar surface area (TPSA) is 75.5 Å². The normalized spacial score (nSPS) is 19.4. The summed E-state index contributed by atoms with van der Waals surface area (Å²) in [6.45, 7) is 5.93. The predicted octanol–water partition coefficient (Wildman–Crippen LogP) is 6.74. The van der Waals surface area contributed by atoms with Gasteiger partial charge in [-0.25, -0.2) is 13.1 Å². The molecule has 1 atom stereocenters. The van der Waals surface area contributed by atoms with E-state index in [1.807, 2.05) is 48.7 Å². The molecular weight excluding hydrogens is 573 g/mol. The average Bonchev–Trinajstić information content (AvgIpc) is 3.52. The number of hydrogen-bond acceptors (Lipinski definition) is 6. The number of benzene rings is 2. The molecule has 0 radical (unpaired) electrons. The molecule has 5 rings (SSSR count). The summed E-state index contributed by atoms with van der Waals surface area (Å²) in [6, 6.07) is 16.7. The van der Waals surface area contributed by atoms with Gasteiger partial charge in [0, 0.05) is 37.0 Å². The number of rotatable bonds is 10. The third kappa shape index (κ3) is 6.66. The van der Waals surface area contributed by atoms with Crippen LogP contribution >= 0.6 is 24.0 Å². The highest BCUT2D eigenvalue weighted by atomic mass is 32.2. The van der Waals surface area contributed by atoms with Gasteiger partial charge in [-0.3, -0.25) is 9.69 Å². The number of unbranched alkanes of at least 4 members (excludes halogenated alkanes) is 3. The summed E-state index contributed by atoms with van der Waals surface area (Å²) < 4.78 is 31.1. The van der Waals surface area contributed by atoms with Crippen molar-refractivity contribution in [3.8, 4) is 16.9 Å². The summed E-state index contributed by atoms with van der Waals surface area (Å²) in [7, 11) is -3.64. The molecule has 0 saturated carbocycles. The molecule has 1 amide bonds. The van der Waals surface area contributed by atoms with Gasteiger partial charge >= 0.3 is 0 Å². The lowest BCUT2D eigenvalue weighted by Crippen LogP contribution is -2.39. The summed E-state index contributed by atoms with van der Waals surface area (Å²) in [5, 5.41) is 4.87. The monoisotopic (exact) mass is 608 g/mol. The second kappa shape index (κ2) is 13.0.